The van der Waals surface area contributed by atoms with E-state index < -0.39 is 5.82 Å². The lowest BCUT2D eigenvalue weighted by Crippen LogP contribution is -2.26. The molecule has 0 saturated heterocycles. The van der Waals surface area contributed by atoms with Crippen LogP contribution in [-0.4, -0.2) is 28.8 Å². The number of amides is 2. The average molecular weight is 421 g/mol. The van der Waals surface area contributed by atoms with Crippen LogP contribution < -0.4 is 16.0 Å². The molecule has 2 heterocycles. The van der Waals surface area contributed by atoms with E-state index in [0.717, 1.165) is 5.56 Å². The number of carbonyl (C=O) groups excluding carboxylic acids is 2. The zero-order valence-electron chi connectivity index (χ0n) is 17.4. The Bertz CT molecular complexity index is 1070. The van der Waals surface area contributed by atoms with E-state index in [-0.39, 0.29) is 17.5 Å². The molecule has 0 saturated carbocycles. The Balaban J connectivity index is 1.67. The van der Waals surface area contributed by atoms with Gasteiger partial charge in [-0.05, 0) is 42.3 Å². The van der Waals surface area contributed by atoms with E-state index in [1.807, 2.05) is 6.92 Å². The van der Waals surface area contributed by atoms with Crippen LogP contribution in [0.1, 0.15) is 35.7 Å². The quantitative estimate of drug-likeness (QED) is 0.607. The number of rotatable bonds is 7. The van der Waals surface area contributed by atoms with Crippen molar-refractivity contribution in [1.82, 2.24) is 15.3 Å². The Morgan fingerprint density at radius 2 is 1.90 bits per heavy atom. The van der Waals surface area contributed by atoms with Crippen LogP contribution in [0.25, 0.3) is 11.3 Å². The van der Waals surface area contributed by atoms with Crippen molar-refractivity contribution in [3.05, 3.63) is 71.8 Å². The van der Waals surface area contributed by atoms with Crippen LogP contribution in [0.4, 0.5) is 15.9 Å². The summed E-state index contributed by atoms with van der Waals surface area (Å²) in [5.74, 6) is -0.519. The molecule has 1 aromatic carbocycles. The molecule has 7 nitrogen and oxygen atoms in total. The zero-order valence-corrected chi connectivity index (χ0v) is 17.4. The molecular formula is C23H24FN5O2. The molecule has 0 aliphatic carbocycles. The minimum absolute atomic E-state index is 0.141. The predicted octanol–water partition coefficient (Wildman–Crippen LogP) is 3.56. The number of nitrogens with zero attached hydrogens (tertiary/aromatic N) is 3. The van der Waals surface area contributed by atoms with E-state index in [2.05, 4.69) is 15.3 Å². The monoisotopic (exact) mass is 421 g/mol. The van der Waals surface area contributed by atoms with E-state index in [4.69, 9.17) is 5.73 Å². The maximum Gasteiger partial charge on any atom is 0.253 e. The first kappa shape index (κ1) is 21.9. The topological polar surface area (TPSA) is 101 Å². The van der Waals surface area contributed by atoms with Gasteiger partial charge in [0.15, 0.2) is 0 Å². The first-order valence-electron chi connectivity index (χ1n) is 9.90. The van der Waals surface area contributed by atoms with Gasteiger partial charge in [0.1, 0.15) is 11.6 Å². The second-order valence-electron chi connectivity index (χ2n) is 7.08. The average Bonchev–Trinajstić information content (AvgIpc) is 2.78. The van der Waals surface area contributed by atoms with E-state index in [0.29, 0.717) is 42.0 Å². The summed E-state index contributed by atoms with van der Waals surface area (Å²) in [5.41, 5.74) is 8.05. The predicted molar refractivity (Wildman–Crippen MR) is 118 cm³/mol. The molecule has 3 N–H and O–H groups in total. The van der Waals surface area contributed by atoms with Crippen LogP contribution in [0.15, 0.2) is 54.9 Å². The van der Waals surface area contributed by atoms with Gasteiger partial charge in [0, 0.05) is 38.0 Å². The third-order valence-corrected chi connectivity index (χ3v) is 4.77. The standard InChI is InChI=1S/C23H24FN5O2/c1-3-4-22(30)29(2)20-9-7-16(11-18(20)24)19-8-6-17(14-26-19)23(31)28-13-15-5-10-21(25)27-12-15/h5-12,14H,3-4,13H2,1-2H3,(H2,25,27)(H,28,31). The van der Waals surface area contributed by atoms with Crippen molar-refractivity contribution in [2.75, 3.05) is 17.7 Å². The highest BCUT2D eigenvalue weighted by molar-refractivity contribution is 5.94. The molecule has 0 bridgehead atoms. The number of halogens is 1. The molecular weight excluding hydrogens is 397 g/mol. The molecule has 3 rings (SSSR count). The number of benzene rings is 1. The second-order valence-corrected chi connectivity index (χ2v) is 7.08. The summed E-state index contributed by atoms with van der Waals surface area (Å²) in [6.45, 7) is 2.21. The Labute approximate surface area is 180 Å². The van der Waals surface area contributed by atoms with Gasteiger partial charge in [0.05, 0.1) is 16.9 Å². The minimum atomic E-state index is -0.509. The zero-order chi connectivity index (χ0) is 22.4. The molecule has 0 aliphatic rings. The van der Waals surface area contributed by atoms with Gasteiger partial charge in [-0.15, -0.1) is 0 Å². The Morgan fingerprint density at radius 1 is 1.10 bits per heavy atom. The van der Waals surface area contributed by atoms with Crippen LogP contribution in [0.5, 0.6) is 0 Å². The van der Waals surface area contributed by atoms with Crippen molar-refractivity contribution in [3.63, 3.8) is 0 Å². The highest BCUT2D eigenvalue weighted by atomic mass is 19.1. The van der Waals surface area contributed by atoms with Crippen LogP contribution in [0, 0.1) is 5.82 Å². The molecule has 0 radical (unpaired) electrons. The number of aromatic nitrogens is 2. The number of hydrogen-bond donors (Lipinski definition) is 2. The van der Waals surface area contributed by atoms with Gasteiger partial charge < -0.3 is 16.0 Å². The van der Waals surface area contributed by atoms with E-state index >= 15 is 0 Å². The fourth-order valence-electron chi connectivity index (χ4n) is 2.98. The van der Waals surface area contributed by atoms with Gasteiger partial charge in [-0.3, -0.25) is 14.6 Å². The maximum absolute atomic E-state index is 14.6. The molecule has 0 unspecified atom stereocenters. The highest BCUT2D eigenvalue weighted by Gasteiger charge is 2.15. The maximum atomic E-state index is 14.6. The van der Waals surface area contributed by atoms with Gasteiger partial charge >= 0.3 is 0 Å². The molecule has 3 aromatic rings. The molecule has 2 aromatic heterocycles. The van der Waals surface area contributed by atoms with Crippen LogP contribution in [0.3, 0.4) is 0 Å². The number of nitrogens with two attached hydrogens (primary N) is 1. The van der Waals surface area contributed by atoms with Crippen molar-refractivity contribution in [3.8, 4) is 11.3 Å². The highest BCUT2D eigenvalue weighted by Crippen LogP contribution is 2.25. The number of carbonyl (C=O) groups is 2. The van der Waals surface area contributed by atoms with Crippen LogP contribution in [0.2, 0.25) is 0 Å². The fourth-order valence-corrected chi connectivity index (χ4v) is 2.98. The second kappa shape index (κ2) is 9.80. The molecule has 2 amide bonds. The number of hydrogen-bond acceptors (Lipinski definition) is 5. The first-order valence-corrected chi connectivity index (χ1v) is 9.90. The summed E-state index contributed by atoms with van der Waals surface area (Å²) in [6.07, 6.45) is 4.10. The Morgan fingerprint density at radius 3 is 2.52 bits per heavy atom. The number of anilines is 2. The molecule has 0 spiro atoms. The lowest BCUT2D eigenvalue weighted by Gasteiger charge is -2.18. The molecule has 0 fully saturated rings. The smallest absolute Gasteiger partial charge is 0.253 e. The van der Waals surface area contributed by atoms with Gasteiger partial charge in [0.2, 0.25) is 5.91 Å². The van der Waals surface area contributed by atoms with E-state index in [1.165, 1.54) is 17.2 Å². The summed E-state index contributed by atoms with van der Waals surface area (Å²) >= 11 is 0. The van der Waals surface area contributed by atoms with Crippen molar-refractivity contribution in [1.29, 1.82) is 0 Å². The van der Waals surface area contributed by atoms with Crippen molar-refractivity contribution >= 4 is 23.3 Å². The fraction of sp³-hybridized carbons (Fsp3) is 0.217. The molecule has 0 aliphatic heterocycles. The summed E-state index contributed by atoms with van der Waals surface area (Å²) in [5, 5.41) is 2.79. The van der Waals surface area contributed by atoms with Gasteiger partial charge in [-0.1, -0.05) is 19.1 Å². The van der Waals surface area contributed by atoms with Crippen LogP contribution in [-0.2, 0) is 11.3 Å². The van der Waals surface area contributed by atoms with E-state index in [9.17, 15) is 14.0 Å². The summed E-state index contributed by atoms with van der Waals surface area (Å²) in [4.78, 5) is 33.9. The van der Waals surface area contributed by atoms with Crippen molar-refractivity contribution < 1.29 is 14.0 Å². The number of nitrogen functional groups attached to an aromatic ring is 1. The third kappa shape index (κ3) is 5.42. The molecule has 31 heavy (non-hydrogen) atoms. The lowest BCUT2D eigenvalue weighted by molar-refractivity contribution is -0.118. The lowest BCUT2D eigenvalue weighted by atomic mass is 10.1. The molecule has 0 atom stereocenters. The summed E-state index contributed by atoms with van der Waals surface area (Å²) < 4.78 is 14.6. The Kier molecular flexibility index (Phi) is 6.92. The van der Waals surface area contributed by atoms with Crippen molar-refractivity contribution in [2.45, 2.75) is 26.3 Å². The third-order valence-electron chi connectivity index (χ3n) is 4.77. The van der Waals surface area contributed by atoms with Gasteiger partial charge in [0.25, 0.3) is 5.91 Å². The largest absolute Gasteiger partial charge is 0.384 e. The van der Waals surface area contributed by atoms with Crippen LogP contribution >= 0.6 is 0 Å². The number of nitrogens with one attached hydrogen (secondary N) is 1. The van der Waals surface area contributed by atoms with Crippen molar-refractivity contribution in [2.24, 2.45) is 0 Å². The summed E-state index contributed by atoms with van der Waals surface area (Å²) in [6, 6.07) is 11.3. The van der Waals surface area contributed by atoms with Gasteiger partial charge in [-0.25, -0.2) is 9.37 Å². The Hall–Kier alpha value is -3.81. The van der Waals surface area contributed by atoms with Gasteiger partial charge in [-0.2, -0.15) is 0 Å². The normalized spacial score (nSPS) is 10.5. The summed E-state index contributed by atoms with van der Waals surface area (Å²) in [7, 11) is 1.56. The minimum Gasteiger partial charge on any atom is -0.384 e. The SMILES string of the molecule is CCCC(=O)N(C)c1ccc(-c2ccc(C(=O)NCc3ccc(N)nc3)cn2)cc1F. The van der Waals surface area contributed by atoms with E-state index in [1.54, 1.807) is 49.6 Å². The molecule has 160 valence electrons. The first-order chi connectivity index (χ1) is 14.9. The molecule has 8 heteroatoms. The number of pyridine rings is 2.